The first-order valence-corrected chi connectivity index (χ1v) is 6.36. The second-order valence-electron chi connectivity index (χ2n) is 5.31. The number of halogens is 2. The van der Waals surface area contributed by atoms with Crippen molar-refractivity contribution in [2.45, 2.75) is 31.3 Å². The van der Waals surface area contributed by atoms with E-state index in [1.807, 2.05) is 0 Å². The Hall–Kier alpha value is -1.00. The predicted molar refractivity (Wildman–Crippen MR) is 68.3 cm³/mol. The van der Waals surface area contributed by atoms with Gasteiger partial charge in [0, 0.05) is 30.3 Å². The van der Waals surface area contributed by atoms with E-state index in [0.717, 1.165) is 12.6 Å². The predicted octanol–water partition coefficient (Wildman–Crippen LogP) is 2.54. The molecular weight excluding hydrogens is 234 g/mol. The van der Waals surface area contributed by atoms with Crippen molar-refractivity contribution in [2.24, 2.45) is 0 Å². The van der Waals surface area contributed by atoms with E-state index in [9.17, 15) is 8.78 Å². The molecule has 2 nitrogen and oxygen atoms in total. The number of benzene rings is 1. The molecule has 0 aliphatic heterocycles. The lowest BCUT2D eigenvalue weighted by Gasteiger charge is -2.47. The van der Waals surface area contributed by atoms with Crippen molar-refractivity contribution in [1.29, 1.82) is 0 Å². The highest BCUT2D eigenvalue weighted by Gasteiger charge is 2.38. The van der Waals surface area contributed by atoms with Crippen LogP contribution in [0.1, 0.15) is 24.8 Å². The van der Waals surface area contributed by atoms with Crippen molar-refractivity contribution in [3.63, 3.8) is 0 Å². The van der Waals surface area contributed by atoms with Crippen LogP contribution in [-0.2, 0) is 6.54 Å². The molecule has 1 aromatic carbocycles. The average Bonchev–Trinajstić information content (AvgIpc) is 2.24. The van der Waals surface area contributed by atoms with Gasteiger partial charge in [0.15, 0.2) is 0 Å². The largest absolute Gasteiger partial charge is 0.311 e. The molecule has 0 atom stereocenters. The Kier molecular flexibility index (Phi) is 3.97. The van der Waals surface area contributed by atoms with E-state index in [0.29, 0.717) is 12.1 Å². The fourth-order valence-electron chi connectivity index (χ4n) is 2.46. The first kappa shape index (κ1) is 13.4. The molecule has 0 heterocycles. The standard InChI is InChI=1S/C14H20F2N2/c1-18(2)14(6-3-7-14)10-17-9-11-4-5-12(15)8-13(11)16/h4-5,8,17H,3,6-7,9-10H2,1-2H3. The maximum atomic E-state index is 13.4. The van der Waals surface area contributed by atoms with E-state index in [2.05, 4.69) is 24.3 Å². The average molecular weight is 254 g/mol. The van der Waals surface area contributed by atoms with Gasteiger partial charge in [0.05, 0.1) is 0 Å². The first-order chi connectivity index (χ1) is 8.53. The molecule has 0 saturated heterocycles. The normalized spacial score (nSPS) is 17.8. The Bertz CT molecular complexity index is 414. The Morgan fingerprint density at radius 3 is 2.50 bits per heavy atom. The second-order valence-corrected chi connectivity index (χ2v) is 5.31. The van der Waals surface area contributed by atoms with Crippen LogP contribution in [-0.4, -0.2) is 31.1 Å². The summed E-state index contributed by atoms with van der Waals surface area (Å²) in [6.07, 6.45) is 3.61. The van der Waals surface area contributed by atoms with E-state index in [-0.39, 0.29) is 5.54 Å². The van der Waals surface area contributed by atoms with Crippen molar-refractivity contribution in [2.75, 3.05) is 20.6 Å². The summed E-state index contributed by atoms with van der Waals surface area (Å²) in [5, 5.41) is 3.28. The van der Waals surface area contributed by atoms with Crippen LogP contribution in [0.5, 0.6) is 0 Å². The van der Waals surface area contributed by atoms with Crippen molar-refractivity contribution >= 4 is 0 Å². The lowest BCUT2D eigenvalue weighted by molar-refractivity contribution is 0.0597. The molecule has 1 aliphatic rings. The van der Waals surface area contributed by atoms with Gasteiger partial charge in [0.25, 0.3) is 0 Å². The zero-order chi connectivity index (χ0) is 13.2. The molecule has 0 spiro atoms. The molecule has 0 bridgehead atoms. The first-order valence-electron chi connectivity index (χ1n) is 6.36. The van der Waals surface area contributed by atoms with Crippen LogP contribution in [0, 0.1) is 11.6 Å². The van der Waals surface area contributed by atoms with Gasteiger partial charge in [0.2, 0.25) is 0 Å². The zero-order valence-electron chi connectivity index (χ0n) is 11.0. The third-order valence-electron chi connectivity index (χ3n) is 4.02. The van der Waals surface area contributed by atoms with Crippen molar-refractivity contribution in [1.82, 2.24) is 10.2 Å². The highest BCUT2D eigenvalue weighted by atomic mass is 19.1. The summed E-state index contributed by atoms with van der Waals surface area (Å²) in [7, 11) is 4.17. The topological polar surface area (TPSA) is 15.3 Å². The molecule has 0 amide bonds. The Labute approximate surface area is 107 Å². The zero-order valence-corrected chi connectivity index (χ0v) is 11.0. The van der Waals surface area contributed by atoms with E-state index >= 15 is 0 Å². The maximum Gasteiger partial charge on any atom is 0.130 e. The molecule has 1 fully saturated rings. The van der Waals surface area contributed by atoms with Gasteiger partial charge >= 0.3 is 0 Å². The number of rotatable bonds is 5. The fraction of sp³-hybridized carbons (Fsp3) is 0.571. The SMILES string of the molecule is CN(C)C1(CNCc2ccc(F)cc2F)CCC1. The minimum absolute atomic E-state index is 0.219. The monoisotopic (exact) mass is 254 g/mol. The van der Waals surface area contributed by atoms with Crippen LogP contribution >= 0.6 is 0 Å². The summed E-state index contributed by atoms with van der Waals surface area (Å²) < 4.78 is 26.2. The van der Waals surface area contributed by atoms with Crippen LogP contribution in [0.25, 0.3) is 0 Å². The van der Waals surface area contributed by atoms with E-state index in [1.54, 1.807) is 0 Å². The van der Waals surface area contributed by atoms with Crippen LogP contribution in [0.3, 0.4) is 0 Å². The molecule has 1 N–H and O–H groups in total. The maximum absolute atomic E-state index is 13.4. The quantitative estimate of drug-likeness (QED) is 0.868. The summed E-state index contributed by atoms with van der Waals surface area (Å²) >= 11 is 0. The molecule has 4 heteroatoms. The number of hydrogen-bond acceptors (Lipinski definition) is 2. The van der Waals surface area contributed by atoms with Crippen LogP contribution in [0.15, 0.2) is 18.2 Å². The molecular formula is C14H20F2N2. The molecule has 0 aromatic heterocycles. The molecule has 0 radical (unpaired) electrons. The van der Waals surface area contributed by atoms with Crippen LogP contribution in [0.2, 0.25) is 0 Å². The number of nitrogens with one attached hydrogen (secondary N) is 1. The lowest BCUT2D eigenvalue weighted by atomic mass is 9.75. The molecule has 18 heavy (non-hydrogen) atoms. The van der Waals surface area contributed by atoms with E-state index in [1.165, 1.54) is 31.4 Å². The van der Waals surface area contributed by atoms with Crippen molar-refractivity contribution < 1.29 is 8.78 Å². The third kappa shape index (κ3) is 2.70. The molecule has 1 aliphatic carbocycles. The third-order valence-corrected chi connectivity index (χ3v) is 4.02. The Morgan fingerprint density at radius 1 is 1.28 bits per heavy atom. The summed E-state index contributed by atoms with van der Waals surface area (Å²) in [5.41, 5.74) is 0.737. The fourth-order valence-corrected chi connectivity index (χ4v) is 2.46. The van der Waals surface area contributed by atoms with Gasteiger partial charge in [-0.2, -0.15) is 0 Å². The van der Waals surface area contributed by atoms with Gasteiger partial charge in [-0.15, -0.1) is 0 Å². The van der Waals surface area contributed by atoms with Gasteiger partial charge in [0.1, 0.15) is 11.6 Å². The highest BCUT2D eigenvalue weighted by Crippen LogP contribution is 2.35. The van der Waals surface area contributed by atoms with Gasteiger partial charge < -0.3 is 10.2 Å². The molecule has 2 rings (SSSR count). The number of nitrogens with zero attached hydrogens (tertiary/aromatic N) is 1. The highest BCUT2D eigenvalue weighted by molar-refractivity contribution is 5.18. The smallest absolute Gasteiger partial charge is 0.130 e. The second kappa shape index (κ2) is 5.33. The minimum Gasteiger partial charge on any atom is -0.311 e. The molecule has 1 saturated carbocycles. The molecule has 0 unspecified atom stereocenters. The Balaban J connectivity index is 1.88. The van der Waals surface area contributed by atoms with Gasteiger partial charge in [-0.05, 0) is 39.4 Å². The lowest BCUT2D eigenvalue weighted by Crippen LogP contribution is -2.56. The van der Waals surface area contributed by atoms with Gasteiger partial charge in [-0.3, -0.25) is 0 Å². The number of hydrogen-bond donors (Lipinski definition) is 1. The van der Waals surface area contributed by atoms with Crippen LogP contribution < -0.4 is 5.32 Å². The number of likely N-dealkylation sites (N-methyl/N-ethyl adjacent to an activating group) is 1. The van der Waals surface area contributed by atoms with E-state index < -0.39 is 11.6 Å². The molecule has 1 aromatic rings. The summed E-state index contributed by atoms with van der Waals surface area (Å²) in [6, 6.07) is 3.73. The summed E-state index contributed by atoms with van der Waals surface area (Å²) in [5.74, 6) is -1.00. The van der Waals surface area contributed by atoms with Crippen molar-refractivity contribution in [3.8, 4) is 0 Å². The summed E-state index contributed by atoms with van der Waals surface area (Å²) in [6.45, 7) is 1.29. The molecule has 100 valence electrons. The minimum atomic E-state index is -0.528. The van der Waals surface area contributed by atoms with Crippen LogP contribution in [0.4, 0.5) is 8.78 Å². The Morgan fingerprint density at radius 2 is 2.00 bits per heavy atom. The summed E-state index contributed by atoms with van der Waals surface area (Å²) in [4.78, 5) is 2.24. The van der Waals surface area contributed by atoms with Crippen molar-refractivity contribution in [3.05, 3.63) is 35.4 Å². The van der Waals surface area contributed by atoms with Gasteiger partial charge in [-0.25, -0.2) is 8.78 Å². The van der Waals surface area contributed by atoms with E-state index in [4.69, 9.17) is 0 Å². The van der Waals surface area contributed by atoms with Gasteiger partial charge in [-0.1, -0.05) is 6.07 Å².